The summed E-state index contributed by atoms with van der Waals surface area (Å²) in [5.41, 5.74) is 1.14. The maximum atomic E-state index is 5.62. The third kappa shape index (κ3) is 4.68. The minimum absolute atomic E-state index is 0.468. The topological polar surface area (TPSA) is 43.6 Å². The molecule has 0 fully saturated rings. The van der Waals surface area contributed by atoms with E-state index in [0.717, 1.165) is 29.4 Å². The predicted octanol–water partition coefficient (Wildman–Crippen LogP) is 3.53. The van der Waals surface area contributed by atoms with Crippen molar-refractivity contribution in [2.24, 2.45) is 0 Å². The highest BCUT2D eigenvalue weighted by molar-refractivity contribution is 5.43. The molecule has 1 aromatic carbocycles. The Hall–Kier alpha value is -2.20. The van der Waals surface area contributed by atoms with Crippen molar-refractivity contribution in [1.29, 1.82) is 0 Å². The van der Waals surface area contributed by atoms with Gasteiger partial charge in [0.1, 0.15) is 12.4 Å². The number of benzene rings is 1. The van der Waals surface area contributed by atoms with E-state index in [1.54, 1.807) is 12.3 Å². The van der Waals surface area contributed by atoms with Gasteiger partial charge in [-0.2, -0.15) is 0 Å². The fraction of sp³-hybridized carbons (Fsp3) is 0.294. The number of ether oxygens (including phenoxy) is 2. The summed E-state index contributed by atoms with van der Waals surface area (Å²) in [6.45, 7) is 8.12. The van der Waals surface area contributed by atoms with Crippen molar-refractivity contribution in [3.05, 3.63) is 60.6 Å². The highest BCUT2D eigenvalue weighted by Crippen LogP contribution is 2.28. The standard InChI is InChI=1S/C17H21NO3/c1-3-9-21-16-8-7-14(11-17(16)19-4-2)12-18-13-15-6-5-10-20-15/h3,5-8,10-11,18H,1,4,9,12-13H2,2H3. The predicted molar refractivity (Wildman–Crippen MR) is 82.6 cm³/mol. The van der Waals surface area contributed by atoms with Crippen LogP contribution in [0.2, 0.25) is 0 Å². The zero-order chi connectivity index (χ0) is 14.9. The number of hydrogen-bond acceptors (Lipinski definition) is 4. The van der Waals surface area contributed by atoms with Crippen molar-refractivity contribution in [1.82, 2.24) is 5.32 Å². The smallest absolute Gasteiger partial charge is 0.161 e. The summed E-state index contributed by atoms with van der Waals surface area (Å²) in [5.74, 6) is 2.43. The van der Waals surface area contributed by atoms with Crippen LogP contribution < -0.4 is 14.8 Å². The summed E-state index contributed by atoms with van der Waals surface area (Å²) < 4.78 is 16.5. The van der Waals surface area contributed by atoms with E-state index >= 15 is 0 Å². The molecule has 0 saturated carbocycles. The van der Waals surface area contributed by atoms with Crippen molar-refractivity contribution in [3.8, 4) is 11.5 Å². The molecule has 0 atom stereocenters. The molecule has 4 heteroatoms. The molecule has 0 saturated heterocycles. The first-order valence-corrected chi connectivity index (χ1v) is 7.06. The van der Waals surface area contributed by atoms with Crippen molar-refractivity contribution >= 4 is 0 Å². The Bertz CT molecular complexity index is 549. The van der Waals surface area contributed by atoms with Gasteiger partial charge in [-0.1, -0.05) is 18.7 Å². The molecule has 2 rings (SSSR count). The first-order chi connectivity index (χ1) is 10.3. The first kappa shape index (κ1) is 15.2. The molecular weight excluding hydrogens is 266 g/mol. The number of rotatable bonds is 9. The van der Waals surface area contributed by atoms with Gasteiger partial charge in [-0.3, -0.25) is 0 Å². The summed E-state index contributed by atoms with van der Waals surface area (Å²) in [5, 5.41) is 3.33. The lowest BCUT2D eigenvalue weighted by Crippen LogP contribution is -2.12. The largest absolute Gasteiger partial charge is 0.490 e. The van der Waals surface area contributed by atoms with E-state index < -0.39 is 0 Å². The van der Waals surface area contributed by atoms with E-state index in [-0.39, 0.29) is 0 Å². The third-order valence-electron chi connectivity index (χ3n) is 2.87. The Morgan fingerprint density at radius 3 is 2.81 bits per heavy atom. The molecule has 21 heavy (non-hydrogen) atoms. The molecule has 0 unspecified atom stereocenters. The maximum absolute atomic E-state index is 5.62. The van der Waals surface area contributed by atoms with Crippen LogP contribution in [0.4, 0.5) is 0 Å². The Balaban J connectivity index is 1.95. The van der Waals surface area contributed by atoms with Crippen molar-refractivity contribution < 1.29 is 13.9 Å². The summed E-state index contributed by atoms with van der Waals surface area (Å²) in [6, 6.07) is 9.78. The highest BCUT2D eigenvalue weighted by atomic mass is 16.5. The summed E-state index contributed by atoms with van der Waals surface area (Å²) >= 11 is 0. The zero-order valence-corrected chi connectivity index (χ0v) is 12.3. The van der Waals surface area contributed by atoms with Crippen LogP contribution in [0, 0.1) is 0 Å². The van der Waals surface area contributed by atoms with Crippen LogP contribution >= 0.6 is 0 Å². The molecule has 2 aromatic rings. The van der Waals surface area contributed by atoms with Gasteiger partial charge in [-0.25, -0.2) is 0 Å². The molecule has 0 aliphatic carbocycles. The first-order valence-electron chi connectivity index (χ1n) is 7.06. The molecule has 0 aliphatic heterocycles. The van der Waals surface area contributed by atoms with E-state index in [4.69, 9.17) is 13.9 Å². The molecule has 1 aromatic heterocycles. The monoisotopic (exact) mass is 287 g/mol. The van der Waals surface area contributed by atoms with Crippen LogP contribution in [0.5, 0.6) is 11.5 Å². The van der Waals surface area contributed by atoms with E-state index in [9.17, 15) is 0 Å². The van der Waals surface area contributed by atoms with Gasteiger partial charge in [0.15, 0.2) is 11.5 Å². The second-order valence-electron chi connectivity index (χ2n) is 4.50. The normalized spacial score (nSPS) is 10.3. The van der Waals surface area contributed by atoms with Crippen molar-refractivity contribution in [2.75, 3.05) is 13.2 Å². The summed E-state index contributed by atoms with van der Waals surface area (Å²) in [4.78, 5) is 0. The van der Waals surface area contributed by atoms with Crippen LogP contribution in [0.1, 0.15) is 18.2 Å². The average molecular weight is 287 g/mol. The molecule has 0 spiro atoms. The Morgan fingerprint density at radius 1 is 1.19 bits per heavy atom. The minimum atomic E-state index is 0.468. The third-order valence-corrected chi connectivity index (χ3v) is 2.87. The maximum Gasteiger partial charge on any atom is 0.161 e. The number of nitrogens with one attached hydrogen (secondary N) is 1. The molecule has 0 amide bonds. The van der Waals surface area contributed by atoms with Crippen molar-refractivity contribution in [2.45, 2.75) is 20.0 Å². The van der Waals surface area contributed by atoms with Crippen LogP contribution in [0.15, 0.2) is 53.7 Å². The van der Waals surface area contributed by atoms with Gasteiger partial charge < -0.3 is 19.2 Å². The molecule has 1 N–H and O–H groups in total. The van der Waals surface area contributed by atoms with Gasteiger partial charge in [-0.15, -0.1) is 0 Å². The van der Waals surface area contributed by atoms with E-state index in [1.165, 1.54) is 0 Å². The number of furan rings is 1. The van der Waals surface area contributed by atoms with Gasteiger partial charge in [0.2, 0.25) is 0 Å². The SMILES string of the molecule is C=CCOc1ccc(CNCc2ccco2)cc1OCC. The molecule has 1 heterocycles. The van der Waals surface area contributed by atoms with Crippen LogP contribution in [-0.4, -0.2) is 13.2 Å². The van der Waals surface area contributed by atoms with E-state index in [0.29, 0.717) is 19.8 Å². The van der Waals surface area contributed by atoms with Crippen LogP contribution in [0.25, 0.3) is 0 Å². The highest BCUT2D eigenvalue weighted by Gasteiger charge is 2.06. The Kier molecular flexibility index (Phi) is 5.91. The molecule has 0 aliphatic rings. The summed E-state index contributed by atoms with van der Waals surface area (Å²) in [7, 11) is 0. The van der Waals surface area contributed by atoms with E-state index in [1.807, 2.05) is 37.3 Å². The van der Waals surface area contributed by atoms with Crippen LogP contribution in [-0.2, 0) is 13.1 Å². The molecule has 0 radical (unpaired) electrons. The van der Waals surface area contributed by atoms with Gasteiger partial charge in [0, 0.05) is 6.54 Å². The Morgan fingerprint density at radius 2 is 2.10 bits per heavy atom. The zero-order valence-electron chi connectivity index (χ0n) is 12.3. The fourth-order valence-corrected chi connectivity index (χ4v) is 1.94. The second-order valence-corrected chi connectivity index (χ2v) is 4.50. The quantitative estimate of drug-likeness (QED) is 0.716. The molecule has 4 nitrogen and oxygen atoms in total. The molecule has 112 valence electrons. The molecule has 0 bridgehead atoms. The van der Waals surface area contributed by atoms with Gasteiger partial charge in [-0.05, 0) is 36.8 Å². The summed E-state index contributed by atoms with van der Waals surface area (Å²) in [6.07, 6.45) is 3.39. The lowest BCUT2D eigenvalue weighted by molar-refractivity contribution is 0.296. The van der Waals surface area contributed by atoms with Crippen LogP contribution in [0.3, 0.4) is 0 Å². The number of hydrogen-bond donors (Lipinski definition) is 1. The lowest BCUT2D eigenvalue weighted by atomic mass is 10.2. The van der Waals surface area contributed by atoms with Gasteiger partial charge in [0.25, 0.3) is 0 Å². The lowest BCUT2D eigenvalue weighted by Gasteiger charge is -2.12. The Labute approximate surface area is 125 Å². The minimum Gasteiger partial charge on any atom is -0.490 e. The van der Waals surface area contributed by atoms with Gasteiger partial charge >= 0.3 is 0 Å². The van der Waals surface area contributed by atoms with E-state index in [2.05, 4.69) is 11.9 Å². The average Bonchev–Trinajstić information content (AvgIpc) is 3.00. The van der Waals surface area contributed by atoms with Gasteiger partial charge in [0.05, 0.1) is 19.4 Å². The van der Waals surface area contributed by atoms with Crippen molar-refractivity contribution in [3.63, 3.8) is 0 Å². The fourth-order valence-electron chi connectivity index (χ4n) is 1.94. The molecular formula is C17H21NO3. The second kappa shape index (κ2) is 8.17.